The maximum atomic E-state index is 5.46. The zero-order valence-corrected chi connectivity index (χ0v) is 11.9. The molecule has 0 amide bonds. The van der Waals surface area contributed by atoms with Crippen LogP contribution in [0.3, 0.4) is 0 Å². The Labute approximate surface area is 119 Å². The molecule has 1 atom stereocenters. The van der Waals surface area contributed by atoms with Gasteiger partial charge < -0.3 is 15.4 Å². The Morgan fingerprint density at radius 1 is 1.40 bits per heavy atom. The van der Waals surface area contributed by atoms with Crippen LogP contribution in [0.5, 0.6) is 5.75 Å². The summed E-state index contributed by atoms with van der Waals surface area (Å²) in [6.45, 7) is 3.26. The molecule has 4 nitrogen and oxygen atoms in total. The van der Waals surface area contributed by atoms with Gasteiger partial charge in [-0.1, -0.05) is 12.1 Å². The first kappa shape index (κ1) is 13.2. The number of nitrogens with zero attached hydrogens (tertiary/aromatic N) is 1. The average molecular weight is 271 g/mol. The molecule has 20 heavy (non-hydrogen) atoms. The maximum Gasteiger partial charge on any atom is 0.137 e. The van der Waals surface area contributed by atoms with Crippen LogP contribution < -0.4 is 15.4 Å². The molecule has 1 aliphatic rings. The molecule has 2 aromatic rings. The molecule has 1 saturated heterocycles. The lowest BCUT2D eigenvalue weighted by molar-refractivity contribution is 0.420. The maximum absolute atomic E-state index is 5.46. The minimum Gasteiger partial charge on any atom is -0.496 e. The molecule has 0 saturated carbocycles. The van der Waals surface area contributed by atoms with Crippen molar-refractivity contribution in [1.29, 1.82) is 0 Å². The van der Waals surface area contributed by atoms with Crippen LogP contribution in [0.4, 0.5) is 5.82 Å². The van der Waals surface area contributed by atoms with Gasteiger partial charge in [-0.2, -0.15) is 0 Å². The average Bonchev–Trinajstić information content (AvgIpc) is 3.00. The second kappa shape index (κ2) is 6.09. The van der Waals surface area contributed by atoms with E-state index >= 15 is 0 Å². The number of hydrogen-bond acceptors (Lipinski definition) is 4. The van der Waals surface area contributed by atoms with Crippen LogP contribution in [0.1, 0.15) is 12.8 Å². The summed E-state index contributed by atoms with van der Waals surface area (Å²) in [7, 11) is 1.70. The number of pyridine rings is 1. The summed E-state index contributed by atoms with van der Waals surface area (Å²) in [5.74, 6) is 2.59. The van der Waals surface area contributed by atoms with Gasteiger partial charge >= 0.3 is 0 Å². The van der Waals surface area contributed by atoms with Crippen LogP contribution in [0.15, 0.2) is 30.5 Å². The minimum atomic E-state index is 0.791. The first-order valence-electron chi connectivity index (χ1n) is 7.25. The molecule has 2 heterocycles. The molecule has 1 unspecified atom stereocenters. The first-order valence-corrected chi connectivity index (χ1v) is 7.25. The number of nitrogens with one attached hydrogen (secondary N) is 2. The molecular formula is C16H21N3O. The van der Waals surface area contributed by atoms with Gasteiger partial charge in [0.05, 0.1) is 12.5 Å². The van der Waals surface area contributed by atoms with Crippen molar-refractivity contribution in [3.05, 3.63) is 30.5 Å². The molecule has 1 aliphatic heterocycles. The number of benzene rings is 1. The van der Waals surface area contributed by atoms with Crippen LogP contribution in [0.25, 0.3) is 10.8 Å². The molecule has 106 valence electrons. The van der Waals surface area contributed by atoms with E-state index in [1.165, 1.54) is 12.8 Å². The third-order valence-corrected chi connectivity index (χ3v) is 3.98. The van der Waals surface area contributed by atoms with Crippen LogP contribution in [-0.2, 0) is 0 Å². The topological polar surface area (TPSA) is 46.2 Å². The number of anilines is 1. The third-order valence-electron chi connectivity index (χ3n) is 3.98. The van der Waals surface area contributed by atoms with E-state index in [-0.39, 0.29) is 0 Å². The van der Waals surface area contributed by atoms with Crippen molar-refractivity contribution < 1.29 is 4.74 Å². The summed E-state index contributed by atoms with van der Waals surface area (Å²) in [6, 6.07) is 8.10. The number of fused-ring (bicyclic) bond motifs is 1. The van der Waals surface area contributed by atoms with Gasteiger partial charge in [-0.05, 0) is 49.4 Å². The highest BCUT2D eigenvalue weighted by Crippen LogP contribution is 2.30. The Morgan fingerprint density at radius 3 is 3.15 bits per heavy atom. The number of hydrogen-bond donors (Lipinski definition) is 2. The Bertz CT molecular complexity index is 574. The van der Waals surface area contributed by atoms with Crippen LogP contribution >= 0.6 is 0 Å². The molecule has 0 radical (unpaired) electrons. The fourth-order valence-corrected chi connectivity index (χ4v) is 2.86. The second-order valence-electron chi connectivity index (χ2n) is 5.29. The van der Waals surface area contributed by atoms with Crippen molar-refractivity contribution >= 4 is 16.6 Å². The van der Waals surface area contributed by atoms with Crippen LogP contribution in [0, 0.1) is 5.92 Å². The van der Waals surface area contributed by atoms with E-state index in [4.69, 9.17) is 4.74 Å². The van der Waals surface area contributed by atoms with E-state index in [0.717, 1.165) is 47.9 Å². The number of aromatic nitrogens is 1. The van der Waals surface area contributed by atoms with Gasteiger partial charge in [-0.15, -0.1) is 0 Å². The Kier molecular flexibility index (Phi) is 4.02. The van der Waals surface area contributed by atoms with Crippen molar-refractivity contribution in [2.24, 2.45) is 5.92 Å². The van der Waals surface area contributed by atoms with Crippen molar-refractivity contribution in [2.45, 2.75) is 12.8 Å². The van der Waals surface area contributed by atoms with E-state index in [9.17, 15) is 0 Å². The van der Waals surface area contributed by atoms with Gasteiger partial charge in [0.15, 0.2) is 0 Å². The highest BCUT2D eigenvalue weighted by atomic mass is 16.5. The summed E-state index contributed by atoms with van der Waals surface area (Å²) in [5, 5.41) is 9.10. The fourth-order valence-electron chi connectivity index (χ4n) is 2.86. The molecule has 1 aromatic heterocycles. The predicted octanol–water partition coefficient (Wildman–Crippen LogP) is 2.65. The molecule has 4 heteroatoms. The Hall–Kier alpha value is -1.81. The number of rotatable bonds is 5. The Morgan fingerprint density at radius 2 is 2.35 bits per heavy atom. The molecule has 0 spiro atoms. The summed E-state index contributed by atoms with van der Waals surface area (Å²) >= 11 is 0. The van der Waals surface area contributed by atoms with E-state index in [1.54, 1.807) is 7.11 Å². The van der Waals surface area contributed by atoms with Gasteiger partial charge in [-0.3, -0.25) is 0 Å². The highest BCUT2D eigenvalue weighted by molar-refractivity contribution is 5.96. The predicted molar refractivity (Wildman–Crippen MR) is 82.4 cm³/mol. The largest absolute Gasteiger partial charge is 0.496 e. The summed E-state index contributed by atoms with van der Waals surface area (Å²) in [6.07, 6.45) is 4.31. The summed E-state index contributed by atoms with van der Waals surface area (Å²) < 4.78 is 5.46. The number of methoxy groups -OCH3 is 1. The lowest BCUT2D eigenvalue weighted by Crippen LogP contribution is -2.13. The molecule has 1 fully saturated rings. The molecule has 0 bridgehead atoms. The van der Waals surface area contributed by atoms with Gasteiger partial charge in [0, 0.05) is 12.7 Å². The molecular weight excluding hydrogens is 250 g/mol. The zero-order valence-electron chi connectivity index (χ0n) is 11.9. The van der Waals surface area contributed by atoms with Gasteiger partial charge in [0.2, 0.25) is 0 Å². The number of ether oxygens (including phenoxy) is 1. The zero-order chi connectivity index (χ0) is 13.8. The first-order chi connectivity index (χ1) is 9.88. The third kappa shape index (κ3) is 2.70. The van der Waals surface area contributed by atoms with Gasteiger partial charge in [0.25, 0.3) is 0 Å². The quantitative estimate of drug-likeness (QED) is 0.877. The van der Waals surface area contributed by atoms with Crippen molar-refractivity contribution in [2.75, 3.05) is 32.1 Å². The monoisotopic (exact) mass is 271 g/mol. The normalized spacial score (nSPS) is 18.4. The van der Waals surface area contributed by atoms with E-state index in [2.05, 4.69) is 21.7 Å². The molecule has 1 aromatic carbocycles. The Balaban J connectivity index is 1.76. The summed E-state index contributed by atoms with van der Waals surface area (Å²) in [5.41, 5.74) is 0. The SMILES string of the molecule is COc1cccc2ccnc(NCCC3CCNC3)c12. The van der Waals surface area contributed by atoms with Crippen molar-refractivity contribution in [3.63, 3.8) is 0 Å². The lowest BCUT2D eigenvalue weighted by Gasteiger charge is -2.13. The second-order valence-corrected chi connectivity index (χ2v) is 5.29. The molecule has 2 N–H and O–H groups in total. The fraction of sp³-hybridized carbons (Fsp3) is 0.438. The van der Waals surface area contributed by atoms with Crippen LogP contribution in [0.2, 0.25) is 0 Å². The van der Waals surface area contributed by atoms with E-state index in [1.807, 2.05) is 24.4 Å². The van der Waals surface area contributed by atoms with E-state index < -0.39 is 0 Å². The van der Waals surface area contributed by atoms with Gasteiger partial charge in [-0.25, -0.2) is 4.98 Å². The molecule has 3 rings (SSSR count). The molecule has 0 aliphatic carbocycles. The van der Waals surface area contributed by atoms with Crippen molar-refractivity contribution in [1.82, 2.24) is 10.3 Å². The summed E-state index contributed by atoms with van der Waals surface area (Å²) in [4.78, 5) is 4.47. The van der Waals surface area contributed by atoms with E-state index in [0.29, 0.717) is 0 Å². The minimum absolute atomic E-state index is 0.791. The smallest absolute Gasteiger partial charge is 0.137 e. The van der Waals surface area contributed by atoms with Crippen molar-refractivity contribution in [3.8, 4) is 5.75 Å². The highest BCUT2D eigenvalue weighted by Gasteiger charge is 2.14. The van der Waals surface area contributed by atoms with Crippen LogP contribution in [-0.4, -0.2) is 31.7 Å². The lowest BCUT2D eigenvalue weighted by atomic mass is 10.1. The standard InChI is InChI=1S/C16H21N3O/c1-20-14-4-2-3-13-7-10-19-16(15(13)14)18-9-6-12-5-8-17-11-12/h2-4,7,10,12,17H,5-6,8-9,11H2,1H3,(H,18,19). The van der Waals surface area contributed by atoms with Gasteiger partial charge in [0.1, 0.15) is 11.6 Å².